The average molecular weight is 471 g/mol. The van der Waals surface area contributed by atoms with E-state index in [0.717, 1.165) is 51.4 Å². The molecular formula is C33H42O2. The van der Waals surface area contributed by atoms with Crippen LogP contribution in [0.4, 0.5) is 0 Å². The van der Waals surface area contributed by atoms with E-state index < -0.39 is 5.60 Å². The van der Waals surface area contributed by atoms with Gasteiger partial charge in [-0.05, 0) is 106 Å². The van der Waals surface area contributed by atoms with Gasteiger partial charge in [-0.15, -0.1) is 0 Å². The van der Waals surface area contributed by atoms with Gasteiger partial charge in [0, 0.05) is 23.2 Å². The highest BCUT2D eigenvalue weighted by atomic mass is 16.3. The molecule has 0 radical (unpaired) electrons. The first-order valence-corrected chi connectivity index (χ1v) is 13.9. The number of hydrogen-bond donors (Lipinski definition) is 1. The zero-order valence-electron chi connectivity index (χ0n) is 22.3. The molecule has 4 aliphatic rings. The number of carbonyl (C=O) groups excluding carboxylic acids is 1. The summed E-state index contributed by atoms with van der Waals surface area (Å²) in [7, 11) is 0. The minimum atomic E-state index is -0.944. The van der Waals surface area contributed by atoms with Gasteiger partial charge in [0.25, 0.3) is 0 Å². The Bertz CT molecular complexity index is 1130. The molecule has 5 rings (SSSR count). The summed E-state index contributed by atoms with van der Waals surface area (Å²) < 4.78 is 0. The Labute approximate surface area is 212 Å². The van der Waals surface area contributed by atoms with Crippen molar-refractivity contribution in [2.24, 2.45) is 22.7 Å². The van der Waals surface area contributed by atoms with Crippen LogP contribution in [0.25, 0.3) is 0 Å². The summed E-state index contributed by atoms with van der Waals surface area (Å²) >= 11 is 0. The van der Waals surface area contributed by atoms with E-state index in [-0.39, 0.29) is 22.5 Å². The maximum atomic E-state index is 12.3. The molecule has 1 N–H and O–H groups in total. The van der Waals surface area contributed by atoms with E-state index in [1.807, 2.05) is 6.08 Å². The molecule has 2 saturated carbocycles. The lowest BCUT2D eigenvalue weighted by atomic mass is 9.51. The number of benzene rings is 1. The summed E-state index contributed by atoms with van der Waals surface area (Å²) in [4.78, 5) is 12.3. The van der Waals surface area contributed by atoms with Gasteiger partial charge in [0.2, 0.25) is 0 Å². The standard InChI is InChI=1S/C33H42O2/c1-6-7-22-8-10-23(11-9-22)28-21-32(5)29(16-17-33(32,35)19-18-31(2,3)4)27-14-12-24-20-25(34)13-15-26(24)30(27)28/h8-11,20,27-29,35H,6-7,12-17,21H2,1-5H3/t27-,28+,29-,32-,33+/m0/s1. The molecule has 2 fully saturated rings. The quantitative estimate of drug-likeness (QED) is 0.470. The third-order valence-corrected chi connectivity index (χ3v) is 9.45. The monoisotopic (exact) mass is 470 g/mol. The molecule has 0 saturated heterocycles. The van der Waals surface area contributed by atoms with Crippen LogP contribution in [0.2, 0.25) is 0 Å². The van der Waals surface area contributed by atoms with Crippen LogP contribution >= 0.6 is 0 Å². The molecule has 0 amide bonds. The molecule has 5 atom stereocenters. The smallest absolute Gasteiger partial charge is 0.156 e. The largest absolute Gasteiger partial charge is 0.377 e. The van der Waals surface area contributed by atoms with Crippen LogP contribution in [0, 0.1) is 34.5 Å². The third kappa shape index (κ3) is 4.25. The molecule has 0 unspecified atom stereocenters. The Morgan fingerprint density at radius 1 is 1.09 bits per heavy atom. The lowest BCUT2D eigenvalue weighted by Gasteiger charge is -2.53. The molecular weight excluding hydrogens is 428 g/mol. The predicted octanol–water partition coefficient (Wildman–Crippen LogP) is 7.32. The molecule has 0 heterocycles. The summed E-state index contributed by atoms with van der Waals surface area (Å²) in [5.74, 6) is 8.32. The van der Waals surface area contributed by atoms with Crippen LogP contribution in [-0.4, -0.2) is 16.5 Å². The minimum Gasteiger partial charge on any atom is -0.377 e. The van der Waals surface area contributed by atoms with E-state index in [9.17, 15) is 9.90 Å². The van der Waals surface area contributed by atoms with Crippen molar-refractivity contribution in [3.8, 4) is 11.8 Å². The fraction of sp³-hybridized carbons (Fsp3) is 0.606. The number of aryl methyl sites for hydroxylation is 1. The Hall–Kier alpha value is -2.11. The number of fused-ring (bicyclic) bond motifs is 4. The number of carbonyl (C=O) groups is 1. The Morgan fingerprint density at radius 3 is 2.51 bits per heavy atom. The Kier molecular flexibility index (Phi) is 6.16. The van der Waals surface area contributed by atoms with Crippen molar-refractivity contribution in [3.63, 3.8) is 0 Å². The zero-order valence-corrected chi connectivity index (χ0v) is 22.3. The van der Waals surface area contributed by atoms with Crippen molar-refractivity contribution in [1.82, 2.24) is 0 Å². The highest BCUT2D eigenvalue weighted by molar-refractivity contribution is 5.93. The highest BCUT2D eigenvalue weighted by Gasteiger charge is 2.62. The molecule has 35 heavy (non-hydrogen) atoms. The topological polar surface area (TPSA) is 37.3 Å². The zero-order chi connectivity index (χ0) is 25.0. The normalized spacial score (nSPS) is 34.4. The number of allylic oxidation sites excluding steroid dienone is 4. The SMILES string of the molecule is CCCc1ccc([C@H]2C[C@@]3(C)[C@@H](CC[C@@]3(O)C#CC(C)(C)C)[C@@H]3CCC4=CC(=O)CCC4=C32)cc1. The number of aliphatic hydroxyl groups is 1. The highest BCUT2D eigenvalue weighted by Crippen LogP contribution is 2.66. The second-order valence-electron chi connectivity index (χ2n) is 12.9. The van der Waals surface area contributed by atoms with Gasteiger partial charge in [-0.2, -0.15) is 0 Å². The average Bonchev–Trinajstić information content (AvgIpc) is 3.08. The van der Waals surface area contributed by atoms with Gasteiger partial charge in [-0.1, -0.05) is 61.9 Å². The first kappa shape index (κ1) is 24.6. The number of rotatable bonds is 3. The van der Waals surface area contributed by atoms with E-state index in [1.165, 1.54) is 22.3 Å². The summed E-state index contributed by atoms with van der Waals surface area (Å²) in [5, 5.41) is 12.1. The van der Waals surface area contributed by atoms with E-state index in [0.29, 0.717) is 18.3 Å². The van der Waals surface area contributed by atoms with Gasteiger partial charge in [0.1, 0.15) is 5.60 Å². The van der Waals surface area contributed by atoms with E-state index >= 15 is 0 Å². The van der Waals surface area contributed by atoms with Crippen molar-refractivity contribution in [1.29, 1.82) is 0 Å². The molecule has 0 bridgehead atoms. The lowest BCUT2D eigenvalue weighted by Crippen LogP contribution is -2.51. The van der Waals surface area contributed by atoms with Crippen LogP contribution in [0.5, 0.6) is 0 Å². The van der Waals surface area contributed by atoms with Gasteiger partial charge in [-0.3, -0.25) is 4.79 Å². The number of hydrogen-bond acceptors (Lipinski definition) is 2. The van der Waals surface area contributed by atoms with Crippen LogP contribution in [-0.2, 0) is 11.2 Å². The fourth-order valence-corrected chi connectivity index (χ4v) is 7.67. The van der Waals surface area contributed by atoms with Crippen LogP contribution in [0.3, 0.4) is 0 Å². The second kappa shape index (κ2) is 8.77. The molecule has 186 valence electrons. The van der Waals surface area contributed by atoms with Gasteiger partial charge in [0.05, 0.1) is 0 Å². The van der Waals surface area contributed by atoms with E-state index in [4.69, 9.17) is 0 Å². The maximum Gasteiger partial charge on any atom is 0.156 e. The Balaban J connectivity index is 1.63. The summed E-state index contributed by atoms with van der Waals surface area (Å²) in [6.45, 7) is 10.9. The molecule has 0 spiro atoms. The summed E-state index contributed by atoms with van der Waals surface area (Å²) in [6, 6.07) is 9.28. The minimum absolute atomic E-state index is 0.125. The van der Waals surface area contributed by atoms with E-state index in [1.54, 1.807) is 5.57 Å². The van der Waals surface area contributed by atoms with Gasteiger partial charge in [-0.25, -0.2) is 0 Å². The molecule has 2 heteroatoms. The molecule has 1 aromatic rings. The molecule has 2 nitrogen and oxygen atoms in total. The molecule has 0 aromatic heterocycles. The van der Waals surface area contributed by atoms with Crippen molar-refractivity contribution < 1.29 is 9.90 Å². The van der Waals surface area contributed by atoms with Crippen molar-refractivity contribution in [3.05, 3.63) is 58.2 Å². The van der Waals surface area contributed by atoms with Crippen LogP contribution in [0.1, 0.15) is 103 Å². The van der Waals surface area contributed by atoms with E-state index in [2.05, 4.69) is 70.7 Å². The van der Waals surface area contributed by atoms with Crippen LogP contribution < -0.4 is 0 Å². The van der Waals surface area contributed by atoms with Crippen molar-refractivity contribution in [2.75, 3.05) is 0 Å². The molecule has 1 aromatic carbocycles. The molecule has 4 aliphatic carbocycles. The lowest BCUT2D eigenvalue weighted by molar-refractivity contribution is -0.114. The van der Waals surface area contributed by atoms with Crippen LogP contribution in [0.15, 0.2) is 47.1 Å². The fourth-order valence-electron chi connectivity index (χ4n) is 7.67. The van der Waals surface area contributed by atoms with Gasteiger partial charge in [0.15, 0.2) is 5.78 Å². The first-order valence-electron chi connectivity index (χ1n) is 13.9. The van der Waals surface area contributed by atoms with Crippen molar-refractivity contribution in [2.45, 2.75) is 104 Å². The first-order chi connectivity index (χ1) is 16.5. The number of ketones is 1. The third-order valence-electron chi connectivity index (χ3n) is 9.45. The molecule has 0 aliphatic heterocycles. The van der Waals surface area contributed by atoms with Crippen molar-refractivity contribution >= 4 is 5.78 Å². The van der Waals surface area contributed by atoms with Gasteiger partial charge < -0.3 is 5.11 Å². The second-order valence-corrected chi connectivity index (χ2v) is 12.9. The summed E-state index contributed by atoms with van der Waals surface area (Å²) in [5.41, 5.74) is 5.82. The Morgan fingerprint density at radius 2 is 1.83 bits per heavy atom. The summed E-state index contributed by atoms with van der Waals surface area (Å²) in [6.07, 6.45) is 10.5. The van der Waals surface area contributed by atoms with Gasteiger partial charge >= 0.3 is 0 Å². The maximum absolute atomic E-state index is 12.3. The predicted molar refractivity (Wildman–Crippen MR) is 143 cm³/mol.